The van der Waals surface area contributed by atoms with Gasteiger partial charge in [0.15, 0.2) is 0 Å². The van der Waals surface area contributed by atoms with E-state index in [0.29, 0.717) is 30.1 Å². The zero-order chi connectivity index (χ0) is 13.1. The highest BCUT2D eigenvalue weighted by Crippen LogP contribution is 2.27. The minimum Gasteiger partial charge on any atom is -0.465 e. The van der Waals surface area contributed by atoms with E-state index in [1.807, 2.05) is 12.1 Å². The van der Waals surface area contributed by atoms with E-state index in [1.165, 1.54) is 4.90 Å². The van der Waals surface area contributed by atoms with Crippen molar-refractivity contribution in [3.05, 3.63) is 40.4 Å². The number of halogens is 1. The van der Waals surface area contributed by atoms with Crippen LogP contribution >= 0.6 is 11.6 Å². The molecule has 0 saturated carbocycles. The van der Waals surface area contributed by atoms with Crippen LogP contribution in [0.15, 0.2) is 24.3 Å². The zero-order valence-corrected chi connectivity index (χ0v) is 10.3. The van der Waals surface area contributed by atoms with Gasteiger partial charge in [0.05, 0.1) is 11.6 Å². The number of carboxylic acid groups (broad SMARTS) is 1. The second-order valence-corrected chi connectivity index (χ2v) is 4.45. The summed E-state index contributed by atoms with van der Waals surface area (Å²) in [7, 11) is 0. The number of hydrogen-bond acceptors (Lipinski definition) is 2. The molecule has 2 rings (SSSR count). The van der Waals surface area contributed by atoms with Crippen LogP contribution in [0.4, 0.5) is 4.79 Å². The second-order valence-electron chi connectivity index (χ2n) is 4.01. The third-order valence-electron chi connectivity index (χ3n) is 2.93. The van der Waals surface area contributed by atoms with Crippen LogP contribution in [0.5, 0.6) is 0 Å². The number of amides is 1. The smallest absolute Gasteiger partial charge is 0.407 e. The predicted molar refractivity (Wildman–Crippen MR) is 68.4 cm³/mol. The molecule has 1 aliphatic rings. The van der Waals surface area contributed by atoms with Crippen molar-refractivity contribution in [2.75, 3.05) is 13.1 Å². The lowest BCUT2D eigenvalue weighted by molar-refractivity contribution is 0.150. The summed E-state index contributed by atoms with van der Waals surface area (Å²) in [6.07, 6.45) is 1.55. The van der Waals surface area contributed by atoms with Gasteiger partial charge >= 0.3 is 6.09 Å². The van der Waals surface area contributed by atoms with Gasteiger partial charge in [0.1, 0.15) is 0 Å². The Labute approximate surface area is 110 Å². The fraction of sp³-hybridized carbons (Fsp3) is 0.231. The third kappa shape index (κ3) is 2.47. The molecule has 0 unspecified atom stereocenters. The summed E-state index contributed by atoms with van der Waals surface area (Å²) in [4.78, 5) is 12.1. The first-order valence-electron chi connectivity index (χ1n) is 5.48. The topological polar surface area (TPSA) is 64.3 Å². The van der Waals surface area contributed by atoms with Gasteiger partial charge in [-0.15, -0.1) is 0 Å². The molecule has 1 aromatic rings. The highest BCUT2D eigenvalue weighted by atomic mass is 35.5. The molecule has 0 aliphatic carbocycles. The number of nitrogens with zero attached hydrogens (tertiary/aromatic N) is 2. The lowest BCUT2D eigenvalue weighted by Crippen LogP contribution is -2.33. The summed E-state index contributed by atoms with van der Waals surface area (Å²) in [6.45, 7) is 0.812. The number of hydrogen-bond donors (Lipinski definition) is 1. The van der Waals surface area contributed by atoms with Crippen LogP contribution in [0.1, 0.15) is 17.5 Å². The van der Waals surface area contributed by atoms with Crippen molar-refractivity contribution >= 4 is 23.3 Å². The molecule has 0 bridgehead atoms. The lowest BCUT2D eigenvalue weighted by Gasteiger charge is -2.24. The molecule has 0 fully saturated rings. The monoisotopic (exact) mass is 262 g/mol. The molecule has 1 aromatic carbocycles. The zero-order valence-electron chi connectivity index (χ0n) is 9.56. The molecule has 0 spiro atoms. The lowest BCUT2D eigenvalue weighted by atomic mass is 9.95. The average molecular weight is 263 g/mol. The fourth-order valence-corrected chi connectivity index (χ4v) is 2.15. The maximum Gasteiger partial charge on any atom is 0.407 e. The van der Waals surface area contributed by atoms with E-state index in [0.717, 1.165) is 11.1 Å². The Morgan fingerprint density at radius 3 is 2.83 bits per heavy atom. The van der Waals surface area contributed by atoms with Crippen molar-refractivity contribution in [1.29, 1.82) is 5.26 Å². The maximum atomic E-state index is 10.8. The molecule has 0 saturated heterocycles. The molecule has 0 aromatic heterocycles. The minimum absolute atomic E-state index is 0.359. The summed E-state index contributed by atoms with van der Waals surface area (Å²) in [6, 6.07) is 7.29. The van der Waals surface area contributed by atoms with Crippen molar-refractivity contribution in [2.24, 2.45) is 0 Å². The number of carbonyl (C=O) groups is 1. The van der Waals surface area contributed by atoms with E-state index >= 15 is 0 Å². The van der Waals surface area contributed by atoms with Gasteiger partial charge in [0, 0.05) is 18.1 Å². The quantitative estimate of drug-likeness (QED) is 0.846. The molecular weight excluding hydrogens is 252 g/mol. The highest BCUT2D eigenvalue weighted by molar-refractivity contribution is 6.30. The Morgan fingerprint density at radius 2 is 2.28 bits per heavy atom. The van der Waals surface area contributed by atoms with Gasteiger partial charge in [0.2, 0.25) is 0 Å². The normalized spacial score (nSPS) is 14.9. The summed E-state index contributed by atoms with van der Waals surface area (Å²) in [5.74, 6) is 0. The molecule has 1 amide bonds. The van der Waals surface area contributed by atoms with Crippen LogP contribution in [-0.4, -0.2) is 29.2 Å². The molecule has 92 valence electrons. The molecule has 1 N–H and O–H groups in total. The van der Waals surface area contributed by atoms with E-state index in [9.17, 15) is 4.79 Å². The van der Waals surface area contributed by atoms with Crippen LogP contribution in [0.3, 0.4) is 0 Å². The van der Waals surface area contributed by atoms with Crippen molar-refractivity contribution < 1.29 is 9.90 Å². The third-order valence-corrected chi connectivity index (χ3v) is 3.16. The Bertz CT molecular complexity index is 561. The first-order chi connectivity index (χ1) is 8.61. The van der Waals surface area contributed by atoms with E-state index < -0.39 is 6.09 Å². The van der Waals surface area contributed by atoms with Crippen molar-refractivity contribution in [3.63, 3.8) is 0 Å². The van der Waals surface area contributed by atoms with E-state index in [-0.39, 0.29) is 0 Å². The summed E-state index contributed by atoms with van der Waals surface area (Å²) < 4.78 is 0. The van der Waals surface area contributed by atoms with Gasteiger partial charge in [-0.2, -0.15) is 5.26 Å². The van der Waals surface area contributed by atoms with Gasteiger partial charge in [-0.3, -0.25) is 0 Å². The summed E-state index contributed by atoms with van der Waals surface area (Å²) in [5, 5.41) is 18.5. The second kappa shape index (κ2) is 5.11. The van der Waals surface area contributed by atoms with Crippen molar-refractivity contribution in [1.82, 2.24) is 4.90 Å². The van der Waals surface area contributed by atoms with Gasteiger partial charge in [-0.25, -0.2) is 4.79 Å². The Balaban J connectivity index is 2.29. The molecule has 0 atom stereocenters. The first-order valence-corrected chi connectivity index (χ1v) is 5.86. The predicted octanol–water partition coefficient (Wildman–Crippen LogP) is 2.98. The molecule has 5 heteroatoms. The number of benzene rings is 1. The standard InChI is InChI=1S/C13H11ClN2O2/c14-11-1-2-12(10(7-11)8-15)9-3-5-16(6-4-9)13(17)18/h1-3,7H,4-6H2,(H,17,18). The van der Waals surface area contributed by atoms with Crippen LogP contribution in [0.2, 0.25) is 5.02 Å². The van der Waals surface area contributed by atoms with Crippen molar-refractivity contribution in [3.8, 4) is 6.07 Å². The highest BCUT2D eigenvalue weighted by Gasteiger charge is 2.18. The molecular formula is C13H11ClN2O2. The average Bonchev–Trinajstić information content (AvgIpc) is 2.38. The SMILES string of the molecule is N#Cc1cc(Cl)ccc1C1=CCN(C(=O)O)CC1. The fourth-order valence-electron chi connectivity index (χ4n) is 1.98. The van der Waals surface area contributed by atoms with E-state index in [2.05, 4.69) is 6.07 Å². The molecule has 1 heterocycles. The van der Waals surface area contributed by atoms with Crippen LogP contribution in [0, 0.1) is 11.3 Å². The summed E-state index contributed by atoms with van der Waals surface area (Å²) in [5.41, 5.74) is 2.37. The molecule has 4 nitrogen and oxygen atoms in total. The Morgan fingerprint density at radius 1 is 1.50 bits per heavy atom. The minimum atomic E-state index is -0.915. The summed E-state index contributed by atoms with van der Waals surface area (Å²) >= 11 is 5.84. The Hall–Kier alpha value is -1.99. The molecule has 1 aliphatic heterocycles. The van der Waals surface area contributed by atoms with Crippen LogP contribution in [0.25, 0.3) is 5.57 Å². The maximum absolute atomic E-state index is 10.8. The van der Waals surface area contributed by atoms with Gasteiger partial charge in [-0.1, -0.05) is 23.7 Å². The molecule has 18 heavy (non-hydrogen) atoms. The van der Waals surface area contributed by atoms with E-state index in [4.69, 9.17) is 22.0 Å². The number of nitriles is 1. The van der Waals surface area contributed by atoms with Crippen LogP contribution in [-0.2, 0) is 0 Å². The van der Waals surface area contributed by atoms with Crippen molar-refractivity contribution in [2.45, 2.75) is 6.42 Å². The van der Waals surface area contributed by atoms with Gasteiger partial charge in [0.25, 0.3) is 0 Å². The van der Waals surface area contributed by atoms with Crippen LogP contribution < -0.4 is 0 Å². The number of rotatable bonds is 1. The Kier molecular flexibility index (Phi) is 3.54. The largest absolute Gasteiger partial charge is 0.465 e. The first kappa shape index (κ1) is 12.5. The van der Waals surface area contributed by atoms with E-state index in [1.54, 1.807) is 12.1 Å². The van der Waals surface area contributed by atoms with Gasteiger partial charge in [-0.05, 0) is 29.7 Å². The van der Waals surface area contributed by atoms with Gasteiger partial charge < -0.3 is 10.0 Å². The molecule has 0 radical (unpaired) electrons.